The Hall–Kier alpha value is -1.59. The Morgan fingerprint density at radius 2 is 1.83 bits per heavy atom. The van der Waals surface area contributed by atoms with E-state index < -0.39 is 0 Å². The molecule has 0 bridgehead atoms. The van der Waals surface area contributed by atoms with Gasteiger partial charge in [-0.05, 0) is 47.8 Å². The number of rotatable bonds is 14. The van der Waals surface area contributed by atoms with Crippen LogP contribution in [-0.2, 0) is 14.9 Å². The zero-order chi connectivity index (χ0) is 21.7. The lowest BCUT2D eigenvalue weighted by atomic mass is 9.83. The fourth-order valence-electron chi connectivity index (χ4n) is 3.61. The van der Waals surface area contributed by atoms with Gasteiger partial charge in [0, 0.05) is 26.6 Å². The third kappa shape index (κ3) is 9.64. The van der Waals surface area contributed by atoms with Crippen LogP contribution in [0.15, 0.2) is 18.2 Å². The third-order valence-electron chi connectivity index (χ3n) is 5.36. The molecule has 0 aliphatic carbocycles. The normalized spacial score (nSPS) is 12.6. The first kappa shape index (κ1) is 25.4. The molecule has 0 fully saturated rings. The van der Waals surface area contributed by atoms with Gasteiger partial charge in [0.1, 0.15) is 5.75 Å². The van der Waals surface area contributed by atoms with E-state index in [0.29, 0.717) is 25.6 Å². The maximum atomic E-state index is 11.0. The molecule has 1 aromatic rings. The van der Waals surface area contributed by atoms with Crippen LogP contribution >= 0.6 is 0 Å². The molecular formula is C24H41NO4. The van der Waals surface area contributed by atoms with Gasteiger partial charge in [0.15, 0.2) is 0 Å². The minimum Gasteiger partial charge on any atom is -0.493 e. The number of hydroxylamine groups is 1. The van der Waals surface area contributed by atoms with Gasteiger partial charge in [0.25, 0.3) is 0 Å². The number of carbonyl (C=O) groups excluding carboxylic acids is 1. The summed E-state index contributed by atoms with van der Waals surface area (Å²) in [5.74, 6) is 1.22. The van der Waals surface area contributed by atoms with Crippen LogP contribution in [0.25, 0.3) is 0 Å². The summed E-state index contributed by atoms with van der Waals surface area (Å²) in [5, 5.41) is 8.53. The summed E-state index contributed by atoms with van der Waals surface area (Å²) in [7, 11) is 1.72. The first-order chi connectivity index (χ1) is 13.8. The molecule has 0 aliphatic heterocycles. The van der Waals surface area contributed by atoms with Crippen LogP contribution in [0.2, 0.25) is 0 Å². The number of carbonyl (C=O) groups is 1. The van der Waals surface area contributed by atoms with Gasteiger partial charge in [-0.25, -0.2) is 5.48 Å². The highest BCUT2D eigenvalue weighted by atomic mass is 16.5. The van der Waals surface area contributed by atoms with Crippen LogP contribution in [0.3, 0.4) is 0 Å². The second-order valence-electron chi connectivity index (χ2n) is 8.79. The summed E-state index contributed by atoms with van der Waals surface area (Å²) in [6.45, 7) is 10.3. The molecule has 0 spiro atoms. The minimum atomic E-state index is -0.298. The molecule has 0 saturated carbocycles. The molecule has 1 amide bonds. The van der Waals surface area contributed by atoms with Crippen LogP contribution in [0.5, 0.6) is 5.75 Å². The predicted octanol–water partition coefficient (Wildman–Crippen LogP) is 5.74. The average Bonchev–Trinajstić information content (AvgIpc) is 2.69. The van der Waals surface area contributed by atoms with Crippen LogP contribution in [-0.4, -0.2) is 31.4 Å². The summed E-state index contributed by atoms with van der Waals surface area (Å²) < 4.78 is 11.3. The SMILES string of the molecule is CCC(CCCCCCC(=O)NO)c1ccc(C(C)(C)C)c(OCCCOC)c1. The first-order valence-corrected chi connectivity index (χ1v) is 11.0. The van der Waals surface area contributed by atoms with E-state index in [1.807, 2.05) is 0 Å². The molecule has 0 aromatic heterocycles. The van der Waals surface area contributed by atoms with Crippen molar-refractivity contribution in [2.24, 2.45) is 0 Å². The van der Waals surface area contributed by atoms with Crippen molar-refractivity contribution in [1.29, 1.82) is 0 Å². The second-order valence-corrected chi connectivity index (χ2v) is 8.79. The Kier molecular flexibility index (Phi) is 11.9. The molecular weight excluding hydrogens is 366 g/mol. The summed E-state index contributed by atoms with van der Waals surface area (Å²) in [6.07, 6.45) is 7.61. The molecule has 1 aromatic carbocycles. The number of benzene rings is 1. The lowest BCUT2D eigenvalue weighted by molar-refractivity contribution is -0.129. The van der Waals surface area contributed by atoms with Gasteiger partial charge < -0.3 is 9.47 Å². The summed E-state index contributed by atoms with van der Waals surface area (Å²) in [4.78, 5) is 11.0. The van der Waals surface area contributed by atoms with Gasteiger partial charge in [-0.2, -0.15) is 0 Å². The average molecular weight is 408 g/mol. The van der Waals surface area contributed by atoms with Crippen LogP contribution in [0.1, 0.15) is 96.1 Å². The van der Waals surface area contributed by atoms with Crippen molar-refractivity contribution in [2.75, 3.05) is 20.3 Å². The molecule has 2 N–H and O–H groups in total. The lowest BCUT2D eigenvalue weighted by Gasteiger charge is -2.25. The Bertz CT molecular complexity index is 595. The molecule has 5 nitrogen and oxygen atoms in total. The van der Waals surface area contributed by atoms with Gasteiger partial charge in [-0.3, -0.25) is 10.0 Å². The van der Waals surface area contributed by atoms with Gasteiger partial charge in [0.05, 0.1) is 6.61 Å². The van der Waals surface area contributed by atoms with Gasteiger partial charge in [0.2, 0.25) is 5.91 Å². The fraction of sp³-hybridized carbons (Fsp3) is 0.708. The van der Waals surface area contributed by atoms with Crippen molar-refractivity contribution in [3.8, 4) is 5.75 Å². The van der Waals surface area contributed by atoms with Crippen molar-refractivity contribution in [3.63, 3.8) is 0 Å². The third-order valence-corrected chi connectivity index (χ3v) is 5.36. The molecule has 5 heteroatoms. The quantitative estimate of drug-likeness (QED) is 0.234. The van der Waals surface area contributed by atoms with Gasteiger partial charge in [-0.15, -0.1) is 0 Å². The van der Waals surface area contributed by atoms with E-state index in [0.717, 1.165) is 50.7 Å². The van der Waals surface area contributed by atoms with E-state index in [2.05, 4.69) is 45.9 Å². The van der Waals surface area contributed by atoms with Crippen LogP contribution in [0.4, 0.5) is 0 Å². The van der Waals surface area contributed by atoms with E-state index in [1.165, 1.54) is 11.1 Å². The Labute approximate surface area is 177 Å². The highest BCUT2D eigenvalue weighted by Gasteiger charge is 2.21. The van der Waals surface area contributed by atoms with E-state index in [4.69, 9.17) is 14.7 Å². The zero-order valence-electron chi connectivity index (χ0n) is 19.1. The Morgan fingerprint density at radius 1 is 1.10 bits per heavy atom. The standard InChI is InChI=1S/C24H41NO4/c1-6-19(12-9-7-8-10-13-23(26)25-27)20-14-15-21(24(2,3)4)22(18-20)29-17-11-16-28-5/h14-15,18-19,27H,6-13,16-17H2,1-5H3,(H,25,26). The lowest BCUT2D eigenvalue weighted by Crippen LogP contribution is -2.17. The number of hydrogen-bond donors (Lipinski definition) is 2. The molecule has 0 aliphatic rings. The molecule has 29 heavy (non-hydrogen) atoms. The monoisotopic (exact) mass is 407 g/mol. The minimum absolute atomic E-state index is 0.0394. The second kappa shape index (κ2) is 13.6. The maximum absolute atomic E-state index is 11.0. The Balaban J connectivity index is 2.69. The van der Waals surface area contributed by atoms with E-state index in [1.54, 1.807) is 12.6 Å². The van der Waals surface area contributed by atoms with E-state index in [-0.39, 0.29) is 11.3 Å². The summed E-state index contributed by atoms with van der Waals surface area (Å²) >= 11 is 0. The van der Waals surface area contributed by atoms with Gasteiger partial charge >= 0.3 is 0 Å². The van der Waals surface area contributed by atoms with Crippen molar-refractivity contribution in [2.45, 2.75) is 90.4 Å². The highest BCUT2D eigenvalue weighted by Crippen LogP contribution is 2.36. The molecule has 1 unspecified atom stereocenters. The number of nitrogens with one attached hydrogen (secondary N) is 1. The molecule has 0 saturated heterocycles. The number of ether oxygens (including phenoxy) is 2. The zero-order valence-corrected chi connectivity index (χ0v) is 19.1. The molecule has 1 atom stereocenters. The molecule has 0 radical (unpaired) electrons. The van der Waals surface area contributed by atoms with E-state index in [9.17, 15) is 4.79 Å². The fourth-order valence-corrected chi connectivity index (χ4v) is 3.61. The maximum Gasteiger partial charge on any atom is 0.243 e. The van der Waals surface area contributed by atoms with Crippen molar-refractivity contribution in [1.82, 2.24) is 5.48 Å². The molecule has 0 heterocycles. The predicted molar refractivity (Wildman–Crippen MR) is 118 cm³/mol. The van der Waals surface area contributed by atoms with Crippen LogP contribution in [0, 0.1) is 0 Å². The van der Waals surface area contributed by atoms with Crippen molar-refractivity contribution in [3.05, 3.63) is 29.3 Å². The molecule has 166 valence electrons. The summed E-state index contributed by atoms with van der Waals surface area (Å²) in [5.41, 5.74) is 4.32. The Morgan fingerprint density at radius 3 is 2.45 bits per heavy atom. The van der Waals surface area contributed by atoms with Crippen molar-refractivity contribution >= 4 is 5.91 Å². The van der Waals surface area contributed by atoms with Crippen molar-refractivity contribution < 1.29 is 19.5 Å². The molecule has 1 rings (SSSR count). The number of methoxy groups -OCH3 is 1. The topological polar surface area (TPSA) is 67.8 Å². The van der Waals surface area contributed by atoms with Gasteiger partial charge in [-0.1, -0.05) is 59.1 Å². The van der Waals surface area contributed by atoms with E-state index >= 15 is 0 Å². The first-order valence-electron chi connectivity index (χ1n) is 11.0. The largest absolute Gasteiger partial charge is 0.493 e. The number of unbranched alkanes of at least 4 members (excludes halogenated alkanes) is 3. The smallest absolute Gasteiger partial charge is 0.243 e. The highest BCUT2D eigenvalue weighted by molar-refractivity contribution is 5.74. The summed E-state index contributed by atoms with van der Waals surface area (Å²) in [6, 6.07) is 6.74. The number of amides is 1. The van der Waals surface area contributed by atoms with Crippen LogP contribution < -0.4 is 10.2 Å². The number of hydrogen-bond acceptors (Lipinski definition) is 4.